The van der Waals surface area contributed by atoms with Crippen LogP contribution in [0.4, 0.5) is 0 Å². The Balaban J connectivity index is 1.45. The van der Waals surface area contributed by atoms with Crippen LogP contribution in [0.5, 0.6) is 11.5 Å². The Bertz CT molecular complexity index is 1020. The third kappa shape index (κ3) is 6.21. The summed E-state index contributed by atoms with van der Waals surface area (Å²) < 4.78 is 11.3. The number of nitrogens with zero attached hydrogens (tertiary/aromatic N) is 2. The molecule has 0 spiro atoms. The number of benzene rings is 3. The summed E-state index contributed by atoms with van der Waals surface area (Å²) in [6.45, 7) is 2.13. The van der Waals surface area contributed by atoms with Gasteiger partial charge in [-0.15, -0.1) is 0 Å². The summed E-state index contributed by atoms with van der Waals surface area (Å²) in [6, 6.07) is 25.9. The highest BCUT2D eigenvalue weighted by atomic mass is 16.5. The summed E-state index contributed by atoms with van der Waals surface area (Å²) in [7, 11) is 0. The number of hydrazone groups is 1. The molecular formula is C24H21N3O3. The third-order valence-corrected chi connectivity index (χ3v) is 4.18. The molecule has 0 fully saturated rings. The number of rotatable bonds is 8. The monoisotopic (exact) mass is 399 g/mol. The Hall–Kier alpha value is -4.11. The Morgan fingerprint density at radius 3 is 2.37 bits per heavy atom. The topological polar surface area (TPSA) is 83.7 Å². The molecule has 6 heteroatoms. The third-order valence-electron chi connectivity index (χ3n) is 4.18. The number of hydrogen-bond acceptors (Lipinski definition) is 5. The van der Waals surface area contributed by atoms with E-state index in [0.29, 0.717) is 17.9 Å². The van der Waals surface area contributed by atoms with Gasteiger partial charge in [0.05, 0.1) is 17.8 Å². The molecule has 1 unspecified atom stereocenters. The van der Waals surface area contributed by atoms with Gasteiger partial charge in [0.25, 0.3) is 5.91 Å². The molecule has 6 nitrogen and oxygen atoms in total. The fourth-order valence-electron chi connectivity index (χ4n) is 2.52. The van der Waals surface area contributed by atoms with E-state index < -0.39 is 6.10 Å². The molecular weight excluding hydrogens is 378 g/mol. The predicted octanol–water partition coefficient (Wildman–Crippen LogP) is 4.05. The van der Waals surface area contributed by atoms with Crippen molar-refractivity contribution in [1.82, 2.24) is 5.43 Å². The largest absolute Gasteiger partial charge is 0.489 e. The lowest BCUT2D eigenvalue weighted by Crippen LogP contribution is -2.33. The molecule has 0 heterocycles. The van der Waals surface area contributed by atoms with Gasteiger partial charge in [0.1, 0.15) is 18.1 Å². The Morgan fingerprint density at radius 2 is 1.70 bits per heavy atom. The summed E-state index contributed by atoms with van der Waals surface area (Å²) in [5, 5.41) is 12.8. The summed E-state index contributed by atoms with van der Waals surface area (Å²) in [5.41, 5.74) is 4.91. The standard InChI is InChI=1S/C24H21N3O3/c1-18(30-23-13-7-19(15-25)8-14-23)24(28)27-26-16-20-9-11-22(12-10-20)29-17-21-5-3-2-4-6-21/h2-14,16,18H,17H2,1H3,(H,27,28)/b26-16-. The van der Waals surface area contributed by atoms with Crippen molar-refractivity contribution in [1.29, 1.82) is 5.26 Å². The molecule has 0 aliphatic rings. The molecule has 0 aromatic heterocycles. The van der Waals surface area contributed by atoms with Crippen LogP contribution in [-0.2, 0) is 11.4 Å². The quantitative estimate of drug-likeness (QED) is 0.457. The normalized spacial score (nSPS) is 11.5. The van der Waals surface area contributed by atoms with Crippen LogP contribution in [0.3, 0.4) is 0 Å². The van der Waals surface area contributed by atoms with Gasteiger partial charge in [-0.2, -0.15) is 10.4 Å². The molecule has 150 valence electrons. The minimum atomic E-state index is -0.733. The zero-order valence-electron chi connectivity index (χ0n) is 16.5. The average Bonchev–Trinajstić information content (AvgIpc) is 2.79. The summed E-state index contributed by atoms with van der Waals surface area (Å²) in [5.74, 6) is 0.884. The Morgan fingerprint density at radius 1 is 1.03 bits per heavy atom. The van der Waals surface area contributed by atoms with Crippen LogP contribution < -0.4 is 14.9 Å². The lowest BCUT2D eigenvalue weighted by atomic mass is 10.2. The molecule has 0 aliphatic carbocycles. The summed E-state index contributed by atoms with van der Waals surface area (Å²) >= 11 is 0. The van der Waals surface area contributed by atoms with Gasteiger partial charge in [-0.1, -0.05) is 30.3 Å². The molecule has 3 aromatic rings. The van der Waals surface area contributed by atoms with E-state index in [9.17, 15) is 4.79 Å². The van der Waals surface area contributed by atoms with Crippen LogP contribution in [0, 0.1) is 11.3 Å². The second-order valence-electron chi connectivity index (χ2n) is 6.47. The molecule has 1 N–H and O–H groups in total. The minimum Gasteiger partial charge on any atom is -0.489 e. The van der Waals surface area contributed by atoms with E-state index in [1.54, 1.807) is 37.4 Å². The first-order chi connectivity index (χ1) is 14.6. The van der Waals surface area contributed by atoms with Crippen molar-refractivity contribution in [2.45, 2.75) is 19.6 Å². The molecule has 0 radical (unpaired) electrons. The lowest BCUT2D eigenvalue weighted by molar-refractivity contribution is -0.127. The maximum atomic E-state index is 12.1. The number of carbonyl (C=O) groups excluding carboxylic acids is 1. The van der Waals surface area contributed by atoms with Gasteiger partial charge >= 0.3 is 0 Å². The predicted molar refractivity (Wildman–Crippen MR) is 114 cm³/mol. The van der Waals surface area contributed by atoms with Crippen LogP contribution in [-0.4, -0.2) is 18.2 Å². The van der Waals surface area contributed by atoms with Crippen LogP contribution >= 0.6 is 0 Å². The van der Waals surface area contributed by atoms with Gasteiger partial charge in [-0.3, -0.25) is 4.79 Å². The van der Waals surface area contributed by atoms with E-state index >= 15 is 0 Å². The first-order valence-electron chi connectivity index (χ1n) is 9.40. The fourth-order valence-corrected chi connectivity index (χ4v) is 2.52. The van der Waals surface area contributed by atoms with Crippen LogP contribution in [0.2, 0.25) is 0 Å². The van der Waals surface area contributed by atoms with E-state index in [1.165, 1.54) is 0 Å². The number of ether oxygens (including phenoxy) is 2. The van der Waals surface area contributed by atoms with Crippen LogP contribution in [0.25, 0.3) is 0 Å². The highest BCUT2D eigenvalue weighted by Crippen LogP contribution is 2.14. The van der Waals surface area contributed by atoms with Gasteiger partial charge in [0.2, 0.25) is 0 Å². The molecule has 0 saturated heterocycles. The van der Waals surface area contributed by atoms with Gasteiger partial charge in [-0.05, 0) is 66.6 Å². The maximum absolute atomic E-state index is 12.1. The van der Waals surface area contributed by atoms with Crippen LogP contribution in [0.1, 0.15) is 23.6 Å². The number of nitrogens with one attached hydrogen (secondary N) is 1. The fraction of sp³-hybridized carbons (Fsp3) is 0.125. The van der Waals surface area contributed by atoms with Crippen molar-refractivity contribution in [2.75, 3.05) is 0 Å². The minimum absolute atomic E-state index is 0.376. The van der Waals surface area contributed by atoms with Crippen molar-refractivity contribution >= 4 is 12.1 Å². The van der Waals surface area contributed by atoms with Crippen molar-refractivity contribution < 1.29 is 14.3 Å². The van der Waals surface area contributed by atoms with Crippen molar-refractivity contribution in [3.05, 3.63) is 95.6 Å². The van der Waals surface area contributed by atoms with Gasteiger partial charge in [-0.25, -0.2) is 5.43 Å². The number of hydrogen-bond donors (Lipinski definition) is 1. The highest BCUT2D eigenvalue weighted by molar-refractivity contribution is 5.84. The van der Waals surface area contributed by atoms with Gasteiger partial charge in [0, 0.05) is 0 Å². The Kier molecular flexibility index (Phi) is 7.17. The maximum Gasteiger partial charge on any atom is 0.280 e. The first-order valence-corrected chi connectivity index (χ1v) is 9.40. The number of nitriles is 1. The molecule has 30 heavy (non-hydrogen) atoms. The van der Waals surface area contributed by atoms with E-state index in [-0.39, 0.29) is 5.91 Å². The lowest BCUT2D eigenvalue weighted by Gasteiger charge is -2.12. The molecule has 0 bridgehead atoms. The van der Waals surface area contributed by atoms with E-state index in [4.69, 9.17) is 14.7 Å². The smallest absolute Gasteiger partial charge is 0.280 e. The van der Waals surface area contributed by atoms with E-state index in [2.05, 4.69) is 10.5 Å². The second-order valence-corrected chi connectivity index (χ2v) is 6.47. The van der Waals surface area contributed by atoms with Gasteiger partial charge in [0.15, 0.2) is 6.10 Å². The Labute approximate surface area is 175 Å². The zero-order valence-corrected chi connectivity index (χ0v) is 16.5. The first kappa shape index (κ1) is 20.6. The molecule has 0 aliphatic heterocycles. The average molecular weight is 399 g/mol. The molecule has 3 rings (SSSR count). The van der Waals surface area contributed by atoms with Gasteiger partial charge < -0.3 is 9.47 Å². The van der Waals surface area contributed by atoms with E-state index in [0.717, 1.165) is 16.9 Å². The molecule has 1 atom stereocenters. The van der Waals surface area contributed by atoms with Crippen LogP contribution in [0.15, 0.2) is 84.0 Å². The van der Waals surface area contributed by atoms with Crippen molar-refractivity contribution in [3.8, 4) is 17.6 Å². The molecule has 3 aromatic carbocycles. The van der Waals surface area contributed by atoms with E-state index in [1.807, 2.05) is 60.7 Å². The second kappa shape index (κ2) is 10.4. The molecule has 0 saturated carbocycles. The molecule has 1 amide bonds. The summed E-state index contributed by atoms with van der Waals surface area (Å²) in [4.78, 5) is 12.1. The van der Waals surface area contributed by atoms with Crippen molar-refractivity contribution in [3.63, 3.8) is 0 Å². The summed E-state index contributed by atoms with van der Waals surface area (Å²) in [6.07, 6.45) is 0.816. The number of carbonyl (C=O) groups is 1. The SMILES string of the molecule is CC(Oc1ccc(C#N)cc1)C(=O)N/N=C\c1ccc(OCc2ccccc2)cc1. The highest BCUT2D eigenvalue weighted by Gasteiger charge is 2.13. The zero-order chi connectivity index (χ0) is 21.2. The number of amides is 1. The van der Waals surface area contributed by atoms with Crippen molar-refractivity contribution in [2.24, 2.45) is 5.10 Å².